The molecule has 9 nitrogen and oxygen atoms in total. The average molecular weight is 1190 g/mol. The number of allylic oxidation sites excluding steroid dienone is 20. The molecule has 0 bridgehead atoms. The van der Waals surface area contributed by atoms with Crippen LogP contribution in [0.15, 0.2) is 122 Å². The molecular formula is C74H129NO8P+. The highest BCUT2D eigenvalue weighted by atomic mass is 31.2. The van der Waals surface area contributed by atoms with E-state index in [2.05, 4.69) is 135 Å². The summed E-state index contributed by atoms with van der Waals surface area (Å²) in [4.78, 5) is 35.9. The summed E-state index contributed by atoms with van der Waals surface area (Å²) < 4.78 is 34.7. The van der Waals surface area contributed by atoms with Crippen LogP contribution >= 0.6 is 7.82 Å². The Kier molecular flexibility index (Phi) is 61.2. The standard InChI is InChI=1S/C74H128NO8P/c1-6-8-10-12-14-16-18-20-22-24-26-28-30-32-34-35-36-37-38-39-41-43-45-47-49-51-53-55-57-59-61-63-65-67-74(77)83-72(71-82-84(78,79)81-69-68-75(3,4)5)70-80-73(76)66-64-62-60-58-56-54-52-50-48-46-44-42-40-33-31-29-27-25-23-21-19-17-15-13-11-9-7-2/h8,10,14,16,19-22,25-28,31-34,36-37,39,41,72H,6-7,9,11-13,15,17-18,23-24,29-30,35,38,40,42-71H2,1-5H3/p+1/b10-8-,16-14-,21-19-,22-20-,27-25-,28-26-,33-31-,34-32-,37-36-,41-39-. The third-order valence-electron chi connectivity index (χ3n) is 14.5. The predicted octanol–water partition coefficient (Wildman–Crippen LogP) is 22.3. The molecular weight excluding hydrogens is 1060 g/mol. The summed E-state index contributed by atoms with van der Waals surface area (Å²) in [5.41, 5.74) is 0. The van der Waals surface area contributed by atoms with Gasteiger partial charge >= 0.3 is 19.8 Å². The van der Waals surface area contributed by atoms with Gasteiger partial charge in [0.25, 0.3) is 0 Å². The summed E-state index contributed by atoms with van der Waals surface area (Å²) in [6.45, 7) is 4.32. The zero-order chi connectivity index (χ0) is 61.2. The lowest BCUT2D eigenvalue weighted by molar-refractivity contribution is -0.870. The van der Waals surface area contributed by atoms with Crippen molar-refractivity contribution in [1.82, 2.24) is 0 Å². The van der Waals surface area contributed by atoms with E-state index in [0.717, 1.165) is 103 Å². The van der Waals surface area contributed by atoms with Crippen molar-refractivity contribution < 1.29 is 42.1 Å². The fourth-order valence-electron chi connectivity index (χ4n) is 9.24. The summed E-state index contributed by atoms with van der Waals surface area (Å²) in [5.74, 6) is -0.802. The monoisotopic (exact) mass is 1190 g/mol. The van der Waals surface area contributed by atoms with Gasteiger partial charge in [-0.1, -0.05) is 283 Å². The van der Waals surface area contributed by atoms with Crippen molar-refractivity contribution in [3.05, 3.63) is 122 Å². The molecule has 0 aromatic carbocycles. The van der Waals surface area contributed by atoms with Gasteiger partial charge in [0.15, 0.2) is 6.10 Å². The summed E-state index contributed by atoms with van der Waals surface area (Å²) in [6, 6.07) is 0. The fourth-order valence-corrected chi connectivity index (χ4v) is 9.98. The van der Waals surface area contributed by atoms with Crippen LogP contribution in [0.5, 0.6) is 0 Å². The topological polar surface area (TPSA) is 108 Å². The molecule has 0 saturated carbocycles. The minimum atomic E-state index is -4.40. The number of nitrogens with zero attached hydrogens (tertiary/aromatic N) is 1. The molecule has 0 radical (unpaired) electrons. The van der Waals surface area contributed by atoms with Gasteiger partial charge in [-0.15, -0.1) is 0 Å². The Balaban J connectivity index is 4.11. The Labute approximate surface area is 518 Å². The van der Waals surface area contributed by atoms with Gasteiger partial charge in [-0.2, -0.15) is 0 Å². The number of likely N-dealkylation sites (N-methyl/N-ethyl adjacent to an activating group) is 1. The van der Waals surface area contributed by atoms with E-state index in [1.807, 2.05) is 21.1 Å². The van der Waals surface area contributed by atoms with Gasteiger partial charge in [-0.3, -0.25) is 18.6 Å². The van der Waals surface area contributed by atoms with Crippen LogP contribution in [0, 0.1) is 0 Å². The number of unbranched alkanes of at least 4 members (excludes halogenated alkanes) is 28. The molecule has 0 rings (SSSR count). The quantitative estimate of drug-likeness (QED) is 0.0211. The van der Waals surface area contributed by atoms with Crippen LogP contribution in [0.2, 0.25) is 0 Å². The number of ether oxygens (including phenoxy) is 2. The lowest BCUT2D eigenvalue weighted by Crippen LogP contribution is -2.37. The molecule has 0 saturated heterocycles. The number of rotatable bonds is 62. The van der Waals surface area contributed by atoms with E-state index in [-0.39, 0.29) is 32.0 Å². The molecule has 0 fully saturated rings. The van der Waals surface area contributed by atoms with Crippen LogP contribution in [0.4, 0.5) is 0 Å². The molecule has 2 atom stereocenters. The number of phosphoric ester groups is 1. The third-order valence-corrected chi connectivity index (χ3v) is 15.5. The minimum Gasteiger partial charge on any atom is -0.462 e. The molecule has 0 amide bonds. The number of quaternary nitrogens is 1. The zero-order valence-electron chi connectivity index (χ0n) is 54.9. The van der Waals surface area contributed by atoms with Gasteiger partial charge in [-0.05, 0) is 109 Å². The molecule has 0 aliphatic heterocycles. The van der Waals surface area contributed by atoms with Crippen molar-refractivity contribution in [2.24, 2.45) is 0 Å². The fraction of sp³-hybridized carbons (Fsp3) is 0.703. The summed E-state index contributed by atoms with van der Waals surface area (Å²) in [6.07, 6.45) is 91.4. The lowest BCUT2D eigenvalue weighted by atomic mass is 10.0. The van der Waals surface area contributed by atoms with Crippen molar-refractivity contribution in [1.29, 1.82) is 0 Å². The Bertz CT molecular complexity index is 1830. The van der Waals surface area contributed by atoms with E-state index in [1.165, 1.54) is 148 Å². The molecule has 0 aliphatic rings. The number of esters is 2. The SMILES string of the molecule is CC/C=C\C/C=C\C/C=C\C/C=C\C/C=C\C/C=C\C/C=C\CCCCCCCCCCCCCC(=O)OC(COC(=O)CCCCCCCCCCCCCC/C=C\C/C=C\C/C=C\CCCCCCC)COP(=O)(O)OCC[N+](C)(C)C. The number of hydrogen-bond donors (Lipinski definition) is 1. The van der Waals surface area contributed by atoms with Crippen LogP contribution in [-0.4, -0.2) is 74.9 Å². The highest BCUT2D eigenvalue weighted by Crippen LogP contribution is 2.43. The molecule has 0 aromatic rings. The summed E-state index contributed by atoms with van der Waals surface area (Å²) in [5, 5.41) is 0. The average Bonchev–Trinajstić information content (AvgIpc) is 3.61. The third kappa shape index (κ3) is 67.5. The second-order valence-electron chi connectivity index (χ2n) is 23.8. The van der Waals surface area contributed by atoms with Gasteiger partial charge < -0.3 is 18.9 Å². The zero-order valence-corrected chi connectivity index (χ0v) is 55.7. The van der Waals surface area contributed by atoms with Gasteiger partial charge in [0.05, 0.1) is 27.7 Å². The highest BCUT2D eigenvalue weighted by molar-refractivity contribution is 7.47. The highest BCUT2D eigenvalue weighted by Gasteiger charge is 2.27. The van der Waals surface area contributed by atoms with Crippen LogP contribution in [-0.2, 0) is 32.7 Å². The minimum absolute atomic E-state index is 0.0258. The second kappa shape index (κ2) is 63.9. The van der Waals surface area contributed by atoms with Gasteiger partial charge in [0.1, 0.15) is 19.8 Å². The lowest BCUT2D eigenvalue weighted by Gasteiger charge is -2.24. The molecule has 2 unspecified atom stereocenters. The van der Waals surface area contributed by atoms with Crippen LogP contribution in [0.3, 0.4) is 0 Å². The van der Waals surface area contributed by atoms with E-state index in [9.17, 15) is 19.0 Å². The first kappa shape index (κ1) is 80.4. The normalized spacial score (nSPS) is 13.9. The van der Waals surface area contributed by atoms with E-state index in [4.69, 9.17) is 18.5 Å². The van der Waals surface area contributed by atoms with Crippen LogP contribution in [0.1, 0.15) is 284 Å². The molecule has 0 aliphatic carbocycles. The molecule has 1 N–H and O–H groups in total. The largest absolute Gasteiger partial charge is 0.472 e. The second-order valence-corrected chi connectivity index (χ2v) is 25.3. The Morgan fingerprint density at radius 2 is 0.679 bits per heavy atom. The van der Waals surface area contributed by atoms with Crippen LogP contribution < -0.4 is 0 Å². The number of hydrogen-bond acceptors (Lipinski definition) is 7. The van der Waals surface area contributed by atoms with Crippen molar-refractivity contribution in [3.63, 3.8) is 0 Å². The van der Waals surface area contributed by atoms with Gasteiger partial charge in [0.2, 0.25) is 0 Å². The maximum atomic E-state index is 12.9. The first-order valence-corrected chi connectivity index (χ1v) is 35.8. The van der Waals surface area contributed by atoms with Crippen molar-refractivity contribution in [2.75, 3.05) is 47.5 Å². The number of phosphoric acid groups is 1. The molecule has 482 valence electrons. The summed E-state index contributed by atoms with van der Waals surface area (Å²) in [7, 11) is 1.47. The number of carbonyl (C=O) groups excluding carboxylic acids is 2. The molecule has 10 heteroatoms. The smallest absolute Gasteiger partial charge is 0.462 e. The number of carbonyl (C=O) groups is 2. The van der Waals surface area contributed by atoms with Crippen molar-refractivity contribution >= 4 is 19.8 Å². The molecule has 0 spiro atoms. The van der Waals surface area contributed by atoms with E-state index in [0.29, 0.717) is 17.4 Å². The molecule has 0 heterocycles. The Hall–Kier alpha value is -3.59. The predicted molar refractivity (Wildman–Crippen MR) is 362 cm³/mol. The Morgan fingerprint density at radius 3 is 1.01 bits per heavy atom. The first-order chi connectivity index (χ1) is 41.0. The van der Waals surface area contributed by atoms with Crippen LogP contribution in [0.25, 0.3) is 0 Å². The van der Waals surface area contributed by atoms with Crippen molar-refractivity contribution in [3.8, 4) is 0 Å². The van der Waals surface area contributed by atoms with Gasteiger partial charge in [-0.25, -0.2) is 4.57 Å². The van der Waals surface area contributed by atoms with Crippen molar-refractivity contribution in [2.45, 2.75) is 290 Å². The first-order valence-electron chi connectivity index (χ1n) is 34.3. The van der Waals surface area contributed by atoms with E-state index in [1.54, 1.807) is 0 Å². The molecule has 0 aromatic heterocycles. The maximum absolute atomic E-state index is 12.9. The van der Waals surface area contributed by atoms with Gasteiger partial charge in [0, 0.05) is 12.8 Å². The van der Waals surface area contributed by atoms with E-state index >= 15 is 0 Å². The summed E-state index contributed by atoms with van der Waals surface area (Å²) >= 11 is 0. The Morgan fingerprint density at radius 1 is 0.381 bits per heavy atom. The van der Waals surface area contributed by atoms with E-state index < -0.39 is 26.5 Å². The molecule has 84 heavy (non-hydrogen) atoms. The maximum Gasteiger partial charge on any atom is 0.472 e.